The Morgan fingerprint density at radius 1 is 1.35 bits per heavy atom. The van der Waals surface area contributed by atoms with Gasteiger partial charge in [0, 0.05) is 36.5 Å². The summed E-state index contributed by atoms with van der Waals surface area (Å²) in [5, 5.41) is 6.99. The molecule has 1 heterocycles. The number of nitrogens with one attached hydrogen (secondary N) is 1. The van der Waals surface area contributed by atoms with Crippen LogP contribution in [0.5, 0.6) is 5.75 Å². The number of benzene rings is 1. The number of alkyl halides is 2. The number of halogens is 2. The molecule has 6 nitrogen and oxygen atoms in total. The molecule has 1 aliphatic carbocycles. The summed E-state index contributed by atoms with van der Waals surface area (Å²) < 4.78 is 31.0. The Labute approximate surface area is 149 Å². The zero-order valence-corrected chi connectivity index (χ0v) is 14.0. The van der Waals surface area contributed by atoms with E-state index in [1.54, 1.807) is 17.9 Å². The quantitative estimate of drug-likeness (QED) is 0.805. The van der Waals surface area contributed by atoms with Crippen molar-refractivity contribution >= 4 is 25.1 Å². The molecule has 1 saturated carbocycles. The van der Waals surface area contributed by atoms with E-state index in [1.165, 1.54) is 12.1 Å². The minimum atomic E-state index is -3.12. The van der Waals surface area contributed by atoms with E-state index in [-0.39, 0.29) is 17.2 Å². The van der Waals surface area contributed by atoms with E-state index in [0.29, 0.717) is 5.56 Å². The van der Waals surface area contributed by atoms with Crippen LogP contribution in [0.1, 0.15) is 51.6 Å². The van der Waals surface area contributed by atoms with Crippen molar-refractivity contribution in [1.82, 2.24) is 9.78 Å². The first kappa shape index (κ1) is 18.1. The van der Waals surface area contributed by atoms with E-state index in [9.17, 15) is 18.4 Å². The SMILES string of the molecule is [B]C(=O)c1ccc(NC(=O)c2cn(C)nc2C2CCC2)cc1OC(F)F. The molecule has 1 fully saturated rings. The average Bonchev–Trinajstić information content (AvgIpc) is 2.86. The molecule has 1 N–H and O–H groups in total. The third-order valence-corrected chi connectivity index (χ3v) is 4.31. The standard InChI is InChI=1S/C17H16BF2N3O3/c1-23-8-12(14(22-23)9-3-2-4-9)16(25)21-10-5-6-11(15(18)24)13(7-10)26-17(19)20/h5-9,17H,2-4H2,1H3,(H,21,25). The summed E-state index contributed by atoms with van der Waals surface area (Å²) in [7, 11) is 6.88. The highest BCUT2D eigenvalue weighted by atomic mass is 19.3. The number of carbonyl (C=O) groups excluding carboxylic acids is 2. The lowest BCUT2D eigenvalue weighted by atomic mass is 9.81. The number of hydrogen-bond donors (Lipinski definition) is 1. The maximum Gasteiger partial charge on any atom is 0.387 e. The average molecular weight is 359 g/mol. The van der Waals surface area contributed by atoms with E-state index in [0.717, 1.165) is 31.0 Å². The van der Waals surface area contributed by atoms with Crippen molar-refractivity contribution in [3.8, 4) is 5.75 Å². The Morgan fingerprint density at radius 2 is 2.08 bits per heavy atom. The summed E-state index contributed by atoms with van der Waals surface area (Å²) in [4.78, 5) is 23.9. The molecule has 2 radical (unpaired) electrons. The largest absolute Gasteiger partial charge is 0.434 e. The van der Waals surface area contributed by atoms with Gasteiger partial charge >= 0.3 is 6.61 Å². The van der Waals surface area contributed by atoms with Gasteiger partial charge in [0.15, 0.2) is 7.85 Å². The lowest BCUT2D eigenvalue weighted by molar-refractivity contribution is -0.0500. The van der Waals surface area contributed by atoms with Crippen LogP contribution in [0, 0.1) is 0 Å². The Hall–Kier alpha value is -2.71. The lowest BCUT2D eigenvalue weighted by Crippen LogP contribution is -2.18. The number of hydrogen-bond acceptors (Lipinski definition) is 4. The zero-order chi connectivity index (χ0) is 18.8. The molecule has 1 amide bonds. The Kier molecular flexibility index (Phi) is 5.06. The van der Waals surface area contributed by atoms with Crippen LogP contribution < -0.4 is 10.1 Å². The van der Waals surface area contributed by atoms with E-state index in [1.807, 2.05) is 0 Å². The zero-order valence-electron chi connectivity index (χ0n) is 14.0. The molecule has 0 aliphatic heterocycles. The lowest BCUT2D eigenvalue weighted by Gasteiger charge is -2.24. The smallest absolute Gasteiger partial charge is 0.387 e. The van der Waals surface area contributed by atoms with Crippen LogP contribution in [0.2, 0.25) is 0 Å². The van der Waals surface area contributed by atoms with Gasteiger partial charge in [-0.2, -0.15) is 13.9 Å². The molecule has 9 heteroatoms. The Morgan fingerprint density at radius 3 is 2.65 bits per heavy atom. The van der Waals surface area contributed by atoms with Gasteiger partial charge in [0.25, 0.3) is 5.91 Å². The van der Waals surface area contributed by atoms with Gasteiger partial charge in [-0.05, 0) is 25.0 Å². The van der Waals surface area contributed by atoms with E-state index < -0.39 is 24.0 Å². The highest BCUT2D eigenvalue weighted by Gasteiger charge is 2.28. The van der Waals surface area contributed by atoms with E-state index in [2.05, 4.69) is 15.2 Å². The summed E-state index contributed by atoms with van der Waals surface area (Å²) >= 11 is 0. The minimum Gasteiger partial charge on any atom is -0.434 e. The fraction of sp³-hybridized carbons (Fsp3) is 0.353. The van der Waals surface area contributed by atoms with Crippen molar-refractivity contribution in [2.45, 2.75) is 31.8 Å². The van der Waals surface area contributed by atoms with Crippen LogP contribution in [-0.2, 0) is 7.05 Å². The molecule has 1 aromatic carbocycles. The molecule has 0 atom stereocenters. The molecule has 0 spiro atoms. The van der Waals surface area contributed by atoms with Gasteiger partial charge in [0.1, 0.15) is 11.4 Å². The summed E-state index contributed by atoms with van der Waals surface area (Å²) in [6.07, 6.45) is 4.69. The number of nitrogens with zero attached hydrogens (tertiary/aromatic N) is 2. The molecular weight excluding hydrogens is 343 g/mol. The fourth-order valence-electron chi connectivity index (χ4n) is 2.86. The van der Waals surface area contributed by atoms with Crippen LogP contribution in [0.4, 0.5) is 14.5 Å². The Bertz CT molecular complexity index is 850. The molecule has 3 rings (SSSR count). The van der Waals surface area contributed by atoms with Gasteiger partial charge in [0.2, 0.25) is 0 Å². The fourth-order valence-corrected chi connectivity index (χ4v) is 2.86. The molecular formula is C17H16BF2N3O3. The maximum atomic E-state index is 12.6. The highest BCUT2D eigenvalue weighted by molar-refractivity contribution is 6.62. The second-order valence-electron chi connectivity index (χ2n) is 6.14. The highest BCUT2D eigenvalue weighted by Crippen LogP contribution is 2.37. The van der Waals surface area contributed by atoms with Crippen LogP contribution >= 0.6 is 0 Å². The summed E-state index contributed by atoms with van der Waals surface area (Å²) in [5.41, 5.74) is 0.276. The maximum absolute atomic E-state index is 12.6. The van der Waals surface area contributed by atoms with Crippen LogP contribution in [0.15, 0.2) is 24.4 Å². The molecule has 1 aromatic heterocycles. The molecule has 0 saturated heterocycles. The first-order valence-electron chi connectivity index (χ1n) is 8.08. The number of rotatable bonds is 6. The van der Waals surface area contributed by atoms with Crippen LogP contribution in [0.3, 0.4) is 0 Å². The van der Waals surface area contributed by atoms with Gasteiger partial charge < -0.3 is 14.8 Å². The second-order valence-corrected chi connectivity index (χ2v) is 6.14. The summed E-state index contributed by atoms with van der Waals surface area (Å²) in [6.45, 7) is -3.12. The molecule has 134 valence electrons. The minimum absolute atomic E-state index is 0.195. The number of aromatic nitrogens is 2. The van der Waals surface area contributed by atoms with Crippen LogP contribution in [-0.4, -0.2) is 35.8 Å². The van der Waals surface area contributed by atoms with Crippen molar-refractivity contribution < 1.29 is 23.1 Å². The number of amides is 1. The molecule has 26 heavy (non-hydrogen) atoms. The van der Waals surface area contributed by atoms with Crippen molar-refractivity contribution in [1.29, 1.82) is 0 Å². The first-order chi connectivity index (χ1) is 12.3. The number of anilines is 1. The second kappa shape index (κ2) is 7.27. The molecule has 1 aliphatic rings. The predicted molar refractivity (Wildman–Crippen MR) is 90.9 cm³/mol. The van der Waals surface area contributed by atoms with Gasteiger partial charge in [-0.1, -0.05) is 6.42 Å². The normalized spacial score (nSPS) is 14.2. The molecule has 2 aromatic rings. The van der Waals surface area contributed by atoms with Gasteiger partial charge in [0.05, 0.1) is 11.3 Å². The van der Waals surface area contributed by atoms with Crippen molar-refractivity contribution in [2.24, 2.45) is 7.05 Å². The molecule has 0 bridgehead atoms. The number of aryl methyl sites for hydroxylation is 1. The van der Waals surface area contributed by atoms with Crippen molar-refractivity contribution in [3.05, 3.63) is 41.2 Å². The Balaban J connectivity index is 1.84. The summed E-state index contributed by atoms with van der Waals surface area (Å²) in [6, 6.07) is 3.77. The third kappa shape index (κ3) is 3.76. The van der Waals surface area contributed by atoms with Crippen LogP contribution in [0.25, 0.3) is 0 Å². The topological polar surface area (TPSA) is 73.2 Å². The third-order valence-electron chi connectivity index (χ3n) is 4.31. The van der Waals surface area contributed by atoms with Crippen molar-refractivity contribution in [3.63, 3.8) is 0 Å². The van der Waals surface area contributed by atoms with Gasteiger partial charge in [-0.15, -0.1) is 0 Å². The number of ether oxygens (including phenoxy) is 1. The van der Waals surface area contributed by atoms with Gasteiger partial charge in [-0.3, -0.25) is 9.48 Å². The first-order valence-corrected chi connectivity index (χ1v) is 8.08. The summed E-state index contributed by atoms with van der Waals surface area (Å²) in [5.74, 6) is -0.544. The van der Waals surface area contributed by atoms with E-state index in [4.69, 9.17) is 7.85 Å². The monoisotopic (exact) mass is 359 g/mol. The predicted octanol–water partition coefficient (Wildman–Crippen LogP) is 2.85. The van der Waals surface area contributed by atoms with Gasteiger partial charge in [-0.25, -0.2) is 0 Å². The van der Waals surface area contributed by atoms with E-state index >= 15 is 0 Å². The van der Waals surface area contributed by atoms with Crippen molar-refractivity contribution in [2.75, 3.05) is 5.32 Å². The molecule has 0 unspecified atom stereocenters. The number of carbonyl (C=O) groups is 2.